The van der Waals surface area contributed by atoms with Gasteiger partial charge < -0.3 is 15.1 Å². The smallest absolute Gasteiger partial charge is 0.330 e. The Morgan fingerprint density at radius 1 is 0.759 bits per heavy atom. The Labute approximate surface area is 172 Å². The third-order valence-corrected chi connectivity index (χ3v) is 5.22. The van der Waals surface area contributed by atoms with Gasteiger partial charge in [0.05, 0.1) is 11.2 Å². The average Bonchev–Trinajstić information content (AvgIpc) is 2.68. The topological polar surface area (TPSA) is 41.5 Å². The van der Waals surface area contributed by atoms with Crippen LogP contribution in [0.15, 0.2) is 72.8 Å². The molecule has 2 N–H and O–H groups in total. The minimum Gasteiger partial charge on any atom is -0.427 e. The number of nitrogens with one attached hydrogen (secondary N) is 1. The third-order valence-electron chi connectivity index (χ3n) is 5.22. The Hall–Kier alpha value is -2.63. The molecule has 0 spiro atoms. The highest BCUT2D eigenvalue weighted by Gasteiger charge is 2.35. The van der Waals surface area contributed by atoms with E-state index in [1.54, 1.807) is 33.5 Å². The molecule has 0 aromatic heterocycles. The van der Waals surface area contributed by atoms with Crippen molar-refractivity contribution in [1.29, 1.82) is 0 Å². The molecule has 0 aliphatic heterocycles. The summed E-state index contributed by atoms with van der Waals surface area (Å²) in [6, 6.07) is 22.3. The fourth-order valence-corrected chi connectivity index (χ4v) is 2.56. The van der Waals surface area contributed by atoms with E-state index in [0.717, 1.165) is 28.0 Å². The highest BCUT2D eigenvalue weighted by atomic mass is 19.1. The summed E-state index contributed by atoms with van der Waals surface area (Å²) in [6.45, 7) is 7.18. The summed E-state index contributed by atoms with van der Waals surface area (Å²) in [5, 5.41) is 13.5. The molecule has 3 nitrogen and oxygen atoms in total. The largest absolute Gasteiger partial charge is 0.427 e. The number of halogens is 1. The second kappa shape index (κ2) is 8.40. The molecule has 0 atom stereocenters. The summed E-state index contributed by atoms with van der Waals surface area (Å²) in [6.07, 6.45) is 0. The van der Waals surface area contributed by atoms with Crippen LogP contribution in [-0.4, -0.2) is 23.8 Å². The minimum atomic E-state index is -0.953. The van der Waals surface area contributed by atoms with E-state index < -0.39 is 11.2 Å². The number of hydrogen-bond donors (Lipinski definition) is 2. The van der Waals surface area contributed by atoms with Crippen LogP contribution < -0.4 is 10.8 Å². The first kappa shape index (κ1) is 21.1. The van der Waals surface area contributed by atoms with Gasteiger partial charge in [0.2, 0.25) is 0 Å². The maximum atomic E-state index is 13.1. The van der Waals surface area contributed by atoms with E-state index in [4.69, 9.17) is 4.65 Å². The van der Waals surface area contributed by atoms with Crippen LogP contribution in [0.5, 0.6) is 0 Å². The van der Waals surface area contributed by atoms with Gasteiger partial charge in [-0.2, -0.15) is 0 Å². The lowest BCUT2D eigenvalue weighted by molar-refractivity contribution is -0.0893. The van der Waals surface area contributed by atoms with Crippen molar-refractivity contribution in [3.05, 3.63) is 78.6 Å². The van der Waals surface area contributed by atoms with E-state index in [1.165, 1.54) is 12.1 Å². The van der Waals surface area contributed by atoms with Crippen LogP contribution in [0.25, 0.3) is 11.1 Å². The summed E-state index contributed by atoms with van der Waals surface area (Å²) in [5.74, 6) is -0.234. The molecule has 0 aliphatic carbocycles. The Morgan fingerprint density at radius 3 is 1.69 bits per heavy atom. The van der Waals surface area contributed by atoms with Crippen LogP contribution >= 0.6 is 0 Å². The number of anilines is 2. The molecule has 3 rings (SSSR count). The van der Waals surface area contributed by atoms with Gasteiger partial charge in [0.1, 0.15) is 5.82 Å². The van der Waals surface area contributed by atoms with Gasteiger partial charge in [0.15, 0.2) is 0 Å². The van der Waals surface area contributed by atoms with Crippen molar-refractivity contribution in [3.8, 4) is 11.1 Å². The summed E-state index contributed by atoms with van der Waals surface area (Å²) in [4.78, 5) is 0. The molecule has 0 unspecified atom stereocenters. The molecule has 149 valence electrons. The third kappa shape index (κ3) is 5.46. The second-order valence-corrected chi connectivity index (χ2v) is 8.14. The van der Waals surface area contributed by atoms with Gasteiger partial charge in [-0.15, -0.1) is 0 Å². The van der Waals surface area contributed by atoms with E-state index in [0.29, 0.717) is 0 Å². The average molecular weight is 390 g/mol. The fourth-order valence-electron chi connectivity index (χ4n) is 2.56. The maximum Gasteiger partial charge on any atom is 0.330 e. The van der Waals surface area contributed by atoms with E-state index >= 15 is 0 Å². The monoisotopic (exact) mass is 390 g/mol. The quantitative estimate of drug-likeness (QED) is 0.555. The first-order valence-electron chi connectivity index (χ1n) is 9.61. The lowest BCUT2D eigenvalue weighted by atomic mass is 9.82. The Bertz CT molecular complexity index is 931. The zero-order chi connectivity index (χ0) is 21.1. The zero-order valence-corrected chi connectivity index (χ0v) is 17.2. The highest BCUT2D eigenvalue weighted by Crippen LogP contribution is 2.25. The Kier molecular flexibility index (Phi) is 6.11. The van der Waals surface area contributed by atoms with E-state index in [1.807, 2.05) is 62.4 Å². The highest BCUT2D eigenvalue weighted by molar-refractivity contribution is 6.47. The molecular formula is C24H26BFNO2. The van der Waals surface area contributed by atoms with Crippen molar-refractivity contribution in [2.24, 2.45) is 0 Å². The summed E-state index contributed by atoms with van der Waals surface area (Å²) in [5.41, 5.74) is 3.20. The first-order chi connectivity index (χ1) is 13.6. The Morgan fingerprint density at radius 2 is 1.21 bits per heavy atom. The van der Waals surface area contributed by atoms with Gasteiger partial charge in [-0.1, -0.05) is 41.9 Å². The standard InChI is InChI=1S/C24H26BFNO2/c1-23(2,28)24(3,4)29-25-19-9-15-22(16-10-19)27-21-13-7-18(8-14-21)17-5-11-20(26)12-6-17/h5-16,27-28H,1-4H3. The normalized spacial score (nSPS) is 11.9. The van der Waals surface area contributed by atoms with Gasteiger partial charge in [-0.3, -0.25) is 0 Å². The van der Waals surface area contributed by atoms with E-state index in [2.05, 4.69) is 5.32 Å². The number of aliphatic hydroxyl groups is 1. The van der Waals surface area contributed by atoms with Crippen LogP contribution in [0.4, 0.5) is 15.8 Å². The van der Waals surface area contributed by atoms with Gasteiger partial charge in [0.25, 0.3) is 0 Å². The number of hydrogen-bond acceptors (Lipinski definition) is 3. The molecular weight excluding hydrogens is 364 g/mol. The minimum absolute atomic E-state index is 0.234. The predicted molar refractivity (Wildman–Crippen MR) is 118 cm³/mol. The lowest BCUT2D eigenvalue weighted by Crippen LogP contribution is -2.49. The van der Waals surface area contributed by atoms with E-state index in [9.17, 15) is 9.50 Å². The molecule has 0 saturated carbocycles. The number of benzene rings is 3. The van der Waals surface area contributed by atoms with Crippen LogP contribution in [-0.2, 0) is 4.65 Å². The molecule has 0 heterocycles. The van der Waals surface area contributed by atoms with Gasteiger partial charge in [-0.05, 0) is 75.2 Å². The molecule has 0 saturated heterocycles. The molecule has 0 amide bonds. The van der Waals surface area contributed by atoms with Gasteiger partial charge in [0, 0.05) is 11.4 Å². The van der Waals surface area contributed by atoms with Crippen molar-refractivity contribution in [1.82, 2.24) is 0 Å². The molecule has 29 heavy (non-hydrogen) atoms. The van der Waals surface area contributed by atoms with Gasteiger partial charge >= 0.3 is 7.48 Å². The molecule has 5 heteroatoms. The van der Waals surface area contributed by atoms with Crippen molar-refractivity contribution in [3.63, 3.8) is 0 Å². The fraction of sp³-hybridized carbons (Fsp3) is 0.250. The van der Waals surface area contributed by atoms with E-state index in [-0.39, 0.29) is 5.82 Å². The molecule has 1 radical (unpaired) electrons. The van der Waals surface area contributed by atoms with Crippen LogP contribution in [0, 0.1) is 5.82 Å². The first-order valence-corrected chi connectivity index (χ1v) is 9.61. The second-order valence-electron chi connectivity index (χ2n) is 8.14. The van der Waals surface area contributed by atoms with Gasteiger partial charge in [-0.25, -0.2) is 4.39 Å². The molecule has 0 aliphatic rings. The van der Waals surface area contributed by atoms with Crippen LogP contribution in [0.2, 0.25) is 0 Å². The predicted octanol–water partition coefficient (Wildman–Crippen LogP) is 5.05. The summed E-state index contributed by atoms with van der Waals surface area (Å²) < 4.78 is 18.8. The SMILES string of the molecule is CC(C)(O)C(C)(C)O[B]c1ccc(Nc2ccc(-c3ccc(F)cc3)cc2)cc1. The van der Waals surface area contributed by atoms with Crippen LogP contribution in [0.3, 0.4) is 0 Å². The maximum absolute atomic E-state index is 13.1. The molecule has 3 aromatic carbocycles. The summed E-state index contributed by atoms with van der Waals surface area (Å²) >= 11 is 0. The van der Waals surface area contributed by atoms with Crippen molar-refractivity contribution in [2.45, 2.75) is 38.9 Å². The molecule has 0 bridgehead atoms. The lowest BCUT2D eigenvalue weighted by Gasteiger charge is -2.37. The Balaban J connectivity index is 1.60. The van der Waals surface area contributed by atoms with Crippen molar-refractivity contribution < 1.29 is 14.2 Å². The van der Waals surface area contributed by atoms with Crippen molar-refractivity contribution in [2.75, 3.05) is 5.32 Å². The molecule has 3 aromatic rings. The van der Waals surface area contributed by atoms with Crippen LogP contribution in [0.1, 0.15) is 27.7 Å². The van der Waals surface area contributed by atoms with Crippen molar-refractivity contribution >= 4 is 24.3 Å². The molecule has 0 fully saturated rings. The zero-order valence-electron chi connectivity index (χ0n) is 17.2. The summed E-state index contributed by atoms with van der Waals surface area (Å²) in [7, 11) is 1.67. The number of rotatable bonds is 7.